The van der Waals surface area contributed by atoms with E-state index in [0.717, 1.165) is 11.3 Å². The Morgan fingerprint density at radius 2 is 1.83 bits per heavy atom. The van der Waals surface area contributed by atoms with Gasteiger partial charge in [-0.25, -0.2) is 0 Å². The lowest BCUT2D eigenvalue weighted by Gasteiger charge is -2.17. The van der Waals surface area contributed by atoms with E-state index < -0.39 is 5.92 Å². The molecule has 2 aromatic rings. The van der Waals surface area contributed by atoms with Crippen LogP contribution in [0.1, 0.15) is 17.5 Å². The first-order valence-electron chi connectivity index (χ1n) is 7.95. The highest BCUT2D eigenvalue weighted by atomic mass is 35.5. The third-order valence-electron chi connectivity index (χ3n) is 4.25. The van der Waals surface area contributed by atoms with Crippen LogP contribution in [-0.4, -0.2) is 18.4 Å². The van der Waals surface area contributed by atoms with Gasteiger partial charge in [-0.1, -0.05) is 41.4 Å². The molecule has 1 aliphatic heterocycles. The van der Waals surface area contributed by atoms with Gasteiger partial charge in [0.15, 0.2) is 0 Å². The molecule has 124 valence electrons. The van der Waals surface area contributed by atoms with Crippen molar-refractivity contribution in [2.45, 2.75) is 19.9 Å². The van der Waals surface area contributed by atoms with Crippen LogP contribution in [0.3, 0.4) is 0 Å². The van der Waals surface area contributed by atoms with Crippen molar-refractivity contribution in [3.63, 3.8) is 0 Å². The van der Waals surface area contributed by atoms with Crippen LogP contribution in [0.5, 0.6) is 0 Å². The maximum absolute atomic E-state index is 12.5. The highest BCUT2D eigenvalue weighted by Gasteiger charge is 2.37. The Bertz CT molecular complexity index is 741. The van der Waals surface area contributed by atoms with E-state index in [1.807, 2.05) is 31.2 Å². The van der Waals surface area contributed by atoms with Crippen molar-refractivity contribution in [1.29, 1.82) is 0 Å². The molecule has 0 aliphatic carbocycles. The number of nitrogens with one attached hydrogen (secondary N) is 1. The maximum Gasteiger partial charge on any atom is 0.239 e. The van der Waals surface area contributed by atoms with Crippen LogP contribution < -0.4 is 10.2 Å². The van der Waals surface area contributed by atoms with Crippen molar-refractivity contribution in [2.75, 3.05) is 11.4 Å². The zero-order valence-corrected chi connectivity index (χ0v) is 14.2. The Hall–Kier alpha value is -2.33. The molecule has 1 fully saturated rings. The molecule has 0 saturated carbocycles. The molecule has 1 atom stereocenters. The van der Waals surface area contributed by atoms with Gasteiger partial charge in [-0.2, -0.15) is 0 Å². The lowest BCUT2D eigenvalue weighted by molar-refractivity contribution is -0.132. The van der Waals surface area contributed by atoms with Crippen LogP contribution in [-0.2, 0) is 16.1 Å². The van der Waals surface area contributed by atoms with E-state index in [4.69, 9.17) is 11.6 Å². The summed E-state index contributed by atoms with van der Waals surface area (Å²) < 4.78 is 0. The number of halogens is 1. The predicted octanol–water partition coefficient (Wildman–Crippen LogP) is 3.32. The fraction of sp³-hybridized carbons (Fsp3) is 0.263. The third kappa shape index (κ3) is 3.60. The van der Waals surface area contributed by atoms with Gasteiger partial charge in [-0.15, -0.1) is 0 Å². The second-order valence-corrected chi connectivity index (χ2v) is 6.45. The molecule has 5 heteroatoms. The average molecular weight is 343 g/mol. The molecule has 1 aliphatic rings. The molecule has 1 N–H and O–H groups in total. The van der Waals surface area contributed by atoms with E-state index in [0.29, 0.717) is 24.5 Å². The zero-order valence-electron chi connectivity index (χ0n) is 13.5. The van der Waals surface area contributed by atoms with Crippen LogP contribution in [0.4, 0.5) is 5.69 Å². The summed E-state index contributed by atoms with van der Waals surface area (Å²) in [5.74, 6) is -0.984. The van der Waals surface area contributed by atoms with E-state index in [1.165, 1.54) is 5.56 Å². The van der Waals surface area contributed by atoms with Gasteiger partial charge < -0.3 is 10.2 Å². The fourth-order valence-corrected chi connectivity index (χ4v) is 2.94. The molecular formula is C19H19ClN2O2. The number of carbonyl (C=O) groups excluding carboxylic acids is 2. The van der Waals surface area contributed by atoms with Crippen molar-refractivity contribution in [2.24, 2.45) is 5.92 Å². The third-order valence-corrected chi connectivity index (χ3v) is 4.50. The Morgan fingerprint density at radius 3 is 2.50 bits per heavy atom. The number of hydrogen-bond donors (Lipinski definition) is 1. The maximum atomic E-state index is 12.5. The lowest BCUT2D eigenvalue weighted by atomic mass is 10.1. The summed E-state index contributed by atoms with van der Waals surface area (Å²) in [7, 11) is 0. The summed E-state index contributed by atoms with van der Waals surface area (Å²) in [6.45, 7) is 3.00. The first-order chi connectivity index (χ1) is 11.5. The molecule has 0 spiro atoms. The summed E-state index contributed by atoms with van der Waals surface area (Å²) in [6.07, 6.45) is 0.529. The molecule has 0 bridgehead atoms. The number of anilines is 1. The number of nitrogens with zero attached hydrogens (tertiary/aromatic N) is 1. The van der Waals surface area contributed by atoms with E-state index in [2.05, 4.69) is 5.32 Å². The molecule has 1 saturated heterocycles. The Balaban J connectivity index is 1.61. The number of benzene rings is 2. The van der Waals surface area contributed by atoms with Crippen LogP contribution in [0.15, 0.2) is 48.5 Å². The topological polar surface area (TPSA) is 49.4 Å². The minimum Gasteiger partial charge on any atom is -0.351 e. The molecule has 1 heterocycles. The second kappa shape index (κ2) is 7.05. The van der Waals surface area contributed by atoms with Gasteiger partial charge in [0.2, 0.25) is 11.8 Å². The summed E-state index contributed by atoms with van der Waals surface area (Å²) in [6, 6.07) is 15.1. The van der Waals surface area contributed by atoms with Gasteiger partial charge in [0.05, 0.1) is 0 Å². The molecule has 2 aromatic carbocycles. The number of amides is 2. The highest BCUT2D eigenvalue weighted by molar-refractivity contribution is 6.30. The van der Waals surface area contributed by atoms with Gasteiger partial charge >= 0.3 is 0 Å². The van der Waals surface area contributed by atoms with Crippen molar-refractivity contribution in [3.05, 3.63) is 64.7 Å². The van der Waals surface area contributed by atoms with E-state index in [-0.39, 0.29) is 11.8 Å². The van der Waals surface area contributed by atoms with E-state index in [1.54, 1.807) is 29.2 Å². The van der Waals surface area contributed by atoms with E-state index in [9.17, 15) is 9.59 Å². The minimum atomic E-state index is -0.619. The number of carbonyl (C=O) groups is 2. The van der Waals surface area contributed by atoms with Crippen LogP contribution in [0.25, 0.3) is 0 Å². The second-order valence-electron chi connectivity index (χ2n) is 6.01. The SMILES string of the molecule is Cc1ccc(CNC(=O)[C@H]2CCN(c3ccc(Cl)cc3)C2=O)cc1. The monoisotopic (exact) mass is 342 g/mol. The Morgan fingerprint density at radius 1 is 1.17 bits per heavy atom. The van der Waals surface area contributed by atoms with Crippen LogP contribution in [0.2, 0.25) is 5.02 Å². The fourth-order valence-electron chi connectivity index (χ4n) is 2.82. The molecule has 0 radical (unpaired) electrons. The molecule has 0 aromatic heterocycles. The number of aryl methyl sites for hydroxylation is 1. The quantitative estimate of drug-likeness (QED) is 0.866. The minimum absolute atomic E-state index is 0.154. The van der Waals surface area contributed by atoms with Crippen molar-refractivity contribution in [1.82, 2.24) is 5.32 Å². The first kappa shape index (κ1) is 16.5. The predicted molar refractivity (Wildman–Crippen MR) is 94.9 cm³/mol. The van der Waals surface area contributed by atoms with Crippen LogP contribution >= 0.6 is 11.6 Å². The Kier molecular flexibility index (Phi) is 4.86. The molecular weight excluding hydrogens is 324 g/mol. The Labute approximate surface area is 146 Å². The van der Waals surface area contributed by atoms with Crippen molar-refractivity contribution >= 4 is 29.1 Å². The summed E-state index contributed by atoms with van der Waals surface area (Å²) >= 11 is 5.88. The summed E-state index contributed by atoms with van der Waals surface area (Å²) in [4.78, 5) is 26.5. The van der Waals surface area contributed by atoms with Gasteiger partial charge in [-0.05, 0) is 43.2 Å². The number of hydrogen-bond acceptors (Lipinski definition) is 2. The first-order valence-corrected chi connectivity index (χ1v) is 8.32. The molecule has 24 heavy (non-hydrogen) atoms. The van der Waals surface area contributed by atoms with Crippen molar-refractivity contribution < 1.29 is 9.59 Å². The average Bonchev–Trinajstić information content (AvgIpc) is 2.96. The summed E-state index contributed by atoms with van der Waals surface area (Å²) in [5, 5.41) is 3.49. The molecule has 4 nitrogen and oxygen atoms in total. The summed E-state index contributed by atoms with van der Waals surface area (Å²) in [5.41, 5.74) is 2.97. The smallest absolute Gasteiger partial charge is 0.239 e. The molecule has 2 amide bonds. The van der Waals surface area contributed by atoms with Gasteiger partial charge in [0, 0.05) is 23.8 Å². The van der Waals surface area contributed by atoms with Gasteiger partial charge in [0.25, 0.3) is 0 Å². The largest absolute Gasteiger partial charge is 0.351 e. The van der Waals surface area contributed by atoms with Crippen molar-refractivity contribution in [3.8, 4) is 0 Å². The van der Waals surface area contributed by atoms with Crippen LogP contribution in [0, 0.1) is 12.8 Å². The zero-order chi connectivity index (χ0) is 17.1. The van der Waals surface area contributed by atoms with Gasteiger partial charge in [-0.3, -0.25) is 9.59 Å². The standard InChI is InChI=1S/C19H19ClN2O2/c1-13-2-4-14(5-3-13)12-21-18(23)17-10-11-22(19(17)24)16-8-6-15(20)7-9-16/h2-9,17H,10-12H2,1H3,(H,21,23)/t17-/m1/s1. The molecule has 3 rings (SSSR count). The molecule has 0 unspecified atom stereocenters. The highest BCUT2D eigenvalue weighted by Crippen LogP contribution is 2.26. The van der Waals surface area contributed by atoms with E-state index >= 15 is 0 Å². The normalized spacial score (nSPS) is 17.2. The number of rotatable bonds is 4. The lowest BCUT2D eigenvalue weighted by Crippen LogP contribution is -2.36. The van der Waals surface area contributed by atoms with Gasteiger partial charge in [0.1, 0.15) is 5.92 Å².